The fourth-order valence-corrected chi connectivity index (χ4v) is 5.04. The molecule has 0 saturated carbocycles. The van der Waals surface area contributed by atoms with Crippen LogP contribution in [0.1, 0.15) is 66.7 Å². The van der Waals surface area contributed by atoms with Crippen molar-refractivity contribution in [2.45, 2.75) is 59.1 Å². The van der Waals surface area contributed by atoms with Gasteiger partial charge in [0.15, 0.2) is 0 Å². The molecule has 1 saturated heterocycles. The summed E-state index contributed by atoms with van der Waals surface area (Å²) in [6, 6.07) is 4.93. The van der Waals surface area contributed by atoms with Crippen molar-refractivity contribution in [3.8, 4) is 0 Å². The van der Waals surface area contributed by atoms with Gasteiger partial charge in [-0.2, -0.15) is 0 Å². The Bertz CT molecular complexity index is 1160. The number of likely N-dealkylation sites (tertiary alicyclic amines) is 1. The van der Waals surface area contributed by atoms with Gasteiger partial charge < -0.3 is 20.3 Å². The van der Waals surface area contributed by atoms with E-state index in [1.165, 1.54) is 17.5 Å². The van der Waals surface area contributed by atoms with Crippen LogP contribution in [0.3, 0.4) is 0 Å². The molecule has 3 rings (SSSR count). The summed E-state index contributed by atoms with van der Waals surface area (Å²) in [6.07, 6.45) is 2.36. The molecule has 0 aliphatic carbocycles. The lowest BCUT2D eigenvalue weighted by molar-refractivity contribution is -0.146. The summed E-state index contributed by atoms with van der Waals surface area (Å²) in [5.41, 5.74) is 0.277. The van der Waals surface area contributed by atoms with Gasteiger partial charge in [-0.25, -0.2) is 9.78 Å². The molecule has 194 valence electrons. The van der Waals surface area contributed by atoms with Crippen LogP contribution in [-0.4, -0.2) is 52.9 Å². The van der Waals surface area contributed by atoms with E-state index in [4.69, 9.17) is 4.74 Å². The lowest BCUT2D eigenvalue weighted by atomic mass is 9.93. The zero-order chi connectivity index (χ0) is 26.6. The van der Waals surface area contributed by atoms with Gasteiger partial charge in [-0.3, -0.25) is 19.7 Å². The lowest BCUT2D eigenvalue weighted by Gasteiger charge is -2.37. The summed E-state index contributed by atoms with van der Waals surface area (Å²) in [6.45, 7) is 9.49. The van der Waals surface area contributed by atoms with Crippen molar-refractivity contribution in [2.75, 3.05) is 24.2 Å². The average Bonchev–Trinajstić information content (AvgIpc) is 3.28. The highest BCUT2D eigenvalue weighted by molar-refractivity contribution is 7.14. The number of aryl methyl sites for hydroxylation is 1. The fourth-order valence-electron chi connectivity index (χ4n) is 3.94. The van der Waals surface area contributed by atoms with Crippen LogP contribution in [0, 0.1) is 12.8 Å². The molecule has 2 aromatic rings. The first kappa shape index (κ1) is 27.1. The van der Waals surface area contributed by atoms with Gasteiger partial charge in [0, 0.05) is 18.5 Å². The number of ether oxygens (including phenoxy) is 1. The molecule has 36 heavy (non-hydrogen) atoms. The zero-order valence-electron chi connectivity index (χ0n) is 21.4. The highest BCUT2D eigenvalue weighted by Gasteiger charge is 2.35. The van der Waals surface area contributed by atoms with E-state index in [0.29, 0.717) is 34.9 Å². The monoisotopic (exact) mass is 515 g/mol. The smallest absolute Gasteiger partial charge is 0.413 e. The highest BCUT2D eigenvalue weighted by Crippen LogP contribution is 2.37. The van der Waals surface area contributed by atoms with Crippen molar-refractivity contribution in [3.05, 3.63) is 39.7 Å². The topological polar surface area (TPSA) is 130 Å². The third-order valence-electron chi connectivity index (χ3n) is 5.63. The van der Waals surface area contributed by atoms with Gasteiger partial charge in [0.05, 0.1) is 22.8 Å². The molecule has 4 amide bonds. The predicted molar refractivity (Wildman–Crippen MR) is 138 cm³/mol. The number of nitrogens with one attached hydrogen (secondary N) is 3. The number of hydrogen-bond donors (Lipinski definition) is 3. The number of aromatic nitrogens is 1. The Kier molecular flexibility index (Phi) is 8.34. The Morgan fingerprint density at radius 2 is 1.86 bits per heavy atom. The Morgan fingerprint density at radius 1 is 1.14 bits per heavy atom. The third-order valence-corrected chi connectivity index (χ3v) is 6.82. The van der Waals surface area contributed by atoms with Crippen molar-refractivity contribution >= 4 is 46.7 Å². The number of amides is 4. The second-order valence-corrected chi connectivity index (χ2v) is 11.0. The van der Waals surface area contributed by atoms with Gasteiger partial charge in [-0.05, 0) is 70.2 Å². The van der Waals surface area contributed by atoms with Gasteiger partial charge in [-0.1, -0.05) is 6.92 Å². The van der Waals surface area contributed by atoms with Gasteiger partial charge in [0.1, 0.15) is 11.4 Å². The van der Waals surface area contributed by atoms with E-state index in [2.05, 4.69) is 20.9 Å². The highest BCUT2D eigenvalue weighted by atomic mass is 32.1. The molecule has 3 N–H and O–H groups in total. The van der Waals surface area contributed by atoms with Crippen molar-refractivity contribution in [3.63, 3.8) is 0 Å². The molecule has 2 atom stereocenters. The van der Waals surface area contributed by atoms with Crippen LogP contribution in [0.2, 0.25) is 0 Å². The molecule has 1 aliphatic rings. The molecule has 11 heteroatoms. The largest absolute Gasteiger partial charge is 0.444 e. The van der Waals surface area contributed by atoms with E-state index in [0.717, 1.165) is 11.3 Å². The van der Waals surface area contributed by atoms with Gasteiger partial charge in [0.25, 0.3) is 5.91 Å². The molecule has 0 bridgehead atoms. The van der Waals surface area contributed by atoms with E-state index in [1.807, 2.05) is 13.0 Å². The lowest BCUT2D eigenvalue weighted by Crippen LogP contribution is -2.46. The molecule has 0 aromatic carbocycles. The molecule has 1 fully saturated rings. The predicted octanol–water partition coefficient (Wildman–Crippen LogP) is 4.10. The number of carbonyl (C=O) groups excluding carboxylic acids is 4. The first-order valence-electron chi connectivity index (χ1n) is 11.8. The third kappa shape index (κ3) is 6.81. The normalized spacial score (nSPS) is 17.8. The van der Waals surface area contributed by atoms with Crippen LogP contribution in [0.5, 0.6) is 0 Å². The number of rotatable bonds is 4. The van der Waals surface area contributed by atoms with E-state index in [-0.39, 0.29) is 17.9 Å². The summed E-state index contributed by atoms with van der Waals surface area (Å²) < 4.78 is 5.23. The van der Waals surface area contributed by atoms with Crippen LogP contribution in [0.4, 0.5) is 16.3 Å². The van der Waals surface area contributed by atoms with Crippen LogP contribution in [0.15, 0.2) is 24.4 Å². The summed E-state index contributed by atoms with van der Waals surface area (Å²) in [5, 5.41) is 7.80. The molecule has 0 unspecified atom stereocenters. The number of nitrogens with zero attached hydrogens (tertiary/aromatic N) is 2. The van der Waals surface area contributed by atoms with E-state index < -0.39 is 23.5 Å². The van der Waals surface area contributed by atoms with Crippen molar-refractivity contribution in [2.24, 2.45) is 5.92 Å². The van der Waals surface area contributed by atoms with Crippen molar-refractivity contribution in [1.29, 1.82) is 0 Å². The number of carbonyl (C=O) groups is 4. The molecule has 1 aliphatic heterocycles. The van der Waals surface area contributed by atoms with Crippen molar-refractivity contribution < 1.29 is 23.9 Å². The van der Waals surface area contributed by atoms with Gasteiger partial charge >= 0.3 is 17.9 Å². The number of pyridine rings is 1. The molecule has 0 spiro atoms. The molecule has 10 nitrogen and oxygen atoms in total. The maximum Gasteiger partial charge on any atom is 0.413 e. The van der Waals surface area contributed by atoms with Crippen LogP contribution >= 0.6 is 11.3 Å². The minimum atomic E-state index is -0.772. The molecular weight excluding hydrogens is 482 g/mol. The Balaban J connectivity index is 1.71. The van der Waals surface area contributed by atoms with Crippen molar-refractivity contribution in [1.82, 2.24) is 15.2 Å². The van der Waals surface area contributed by atoms with Gasteiger partial charge in [-0.15, -0.1) is 11.3 Å². The summed E-state index contributed by atoms with van der Waals surface area (Å²) in [5.74, 6) is -1.05. The molecular formula is C25H33N5O5S. The number of thiophene rings is 1. The maximum absolute atomic E-state index is 13.2. The van der Waals surface area contributed by atoms with E-state index >= 15 is 0 Å². The second kappa shape index (κ2) is 11.1. The SMILES string of the molecule is CNC(=O)c1ccc([C@H]2CC[C@H](C)CN2C(=O)C(=O)Nc2cnc(NC(=O)OC(C)(C)C)c(C)c2)s1. The summed E-state index contributed by atoms with van der Waals surface area (Å²) in [4.78, 5) is 57.3. The molecule has 2 aromatic heterocycles. The van der Waals surface area contributed by atoms with Crippen LogP contribution < -0.4 is 16.0 Å². The van der Waals surface area contributed by atoms with Gasteiger partial charge in [0.2, 0.25) is 0 Å². The standard InChI is InChI=1S/C25H33N5O5S/c1-14-7-8-17(18-9-10-19(36-18)21(31)26-6)30(13-14)23(33)22(32)28-16-11-15(2)20(27-12-16)29-24(34)35-25(3,4)5/h9-12,14,17H,7-8,13H2,1-6H3,(H,26,31)(H,28,32)(H,27,29,34)/t14-,17+/m0/s1. The first-order chi connectivity index (χ1) is 16.9. The summed E-state index contributed by atoms with van der Waals surface area (Å²) >= 11 is 1.33. The minimum absolute atomic E-state index is 0.182. The summed E-state index contributed by atoms with van der Waals surface area (Å²) in [7, 11) is 1.57. The number of anilines is 2. The second-order valence-electron chi connectivity index (χ2n) is 9.91. The van der Waals surface area contributed by atoms with Crippen LogP contribution in [-0.2, 0) is 14.3 Å². The Labute approximate surface area is 214 Å². The quantitative estimate of drug-likeness (QED) is 0.526. The zero-order valence-corrected chi connectivity index (χ0v) is 22.2. The van der Waals surface area contributed by atoms with E-state index in [1.54, 1.807) is 51.8 Å². The molecule has 0 radical (unpaired) electrons. The first-order valence-corrected chi connectivity index (χ1v) is 12.6. The maximum atomic E-state index is 13.2. The fraction of sp³-hybridized carbons (Fsp3) is 0.480. The number of piperidine rings is 1. The minimum Gasteiger partial charge on any atom is -0.444 e. The van der Waals surface area contributed by atoms with E-state index in [9.17, 15) is 19.2 Å². The average molecular weight is 516 g/mol. The number of hydrogen-bond acceptors (Lipinski definition) is 7. The van der Waals surface area contributed by atoms with Crippen LogP contribution in [0.25, 0.3) is 0 Å². The Morgan fingerprint density at radius 3 is 2.50 bits per heavy atom. The Hall–Kier alpha value is -3.47. The molecule has 3 heterocycles.